The van der Waals surface area contributed by atoms with E-state index in [1.54, 1.807) is 6.20 Å². The molecular weight excluding hydrogens is 288 g/mol. The van der Waals surface area contributed by atoms with E-state index in [1.165, 1.54) is 11.1 Å². The number of aryl methyl sites for hydroxylation is 1. The Kier molecular flexibility index (Phi) is 3.63. The van der Waals surface area contributed by atoms with Crippen LogP contribution in [0.15, 0.2) is 36.9 Å². The van der Waals surface area contributed by atoms with Gasteiger partial charge < -0.3 is 4.90 Å². The van der Waals surface area contributed by atoms with Gasteiger partial charge in [0.2, 0.25) is 5.91 Å². The highest BCUT2D eigenvalue weighted by atomic mass is 16.2. The third-order valence-electron chi connectivity index (χ3n) is 5.03. The molecule has 3 atom stereocenters. The lowest BCUT2D eigenvalue weighted by molar-refractivity contribution is -0.134. The van der Waals surface area contributed by atoms with E-state index in [0.717, 1.165) is 32.4 Å². The van der Waals surface area contributed by atoms with Crippen LogP contribution in [-0.4, -0.2) is 38.7 Å². The first-order valence-electron chi connectivity index (χ1n) is 8.42. The molecule has 3 heterocycles. The molecule has 5 nitrogen and oxygen atoms in total. The highest BCUT2D eigenvalue weighted by Crippen LogP contribution is 2.48. The molecule has 2 fully saturated rings. The first-order chi connectivity index (χ1) is 11.2. The zero-order chi connectivity index (χ0) is 15.8. The standard InChI is InChI=1S/C18H22N4O/c1-13-9-20-22(11-13)15-5-3-7-21(12-15)18(23)17-8-16(17)14-4-2-6-19-10-14/h2,4,6,9-11,15-17H,3,5,7-8,12H2,1H3. The zero-order valence-corrected chi connectivity index (χ0v) is 13.4. The lowest BCUT2D eigenvalue weighted by atomic mass is 10.0. The average Bonchev–Trinajstić information content (AvgIpc) is 3.29. The molecule has 1 saturated carbocycles. The Labute approximate surface area is 136 Å². The van der Waals surface area contributed by atoms with E-state index in [4.69, 9.17) is 0 Å². The largest absolute Gasteiger partial charge is 0.340 e. The van der Waals surface area contributed by atoms with E-state index in [0.29, 0.717) is 17.9 Å². The van der Waals surface area contributed by atoms with Gasteiger partial charge in [-0.1, -0.05) is 6.07 Å². The van der Waals surface area contributed by atoms with Crippen molar-refractivity contribution in [1.29, 1.82) is 0 Å². The molecule has 3 unspecified atom stereocenters. The maximum atomic E-state index is 12.8. The summed E-state index contributed by atoms with van der Waals surface area (Å²) in [6, 6.07) is 4.35. The molecule has 0 spiro atoms. The highest BCUT2D eigenvalue weighted by molar-refractivity contribution is 5.83. The van der Waals surface area contributed by atoms with Crippen molar-refractivity contribution in [3.8, 4) is 0 Å². The SMILES string of the molecule is Cc1cnn(C2CCCN(C(=O)C3CC3c3cccnc3)C2)c1. The second kappa shape index (κ2) is 5.80. The first-order valence-corrected chi connectivity index (χ1v) is 8.42. The predicted octanol–water partition coefficient (Wildman–Crippen LogP) is 2.55. The molecule has 0 aromatic carbocycles. The third kappa shape index (κ3) is 2.87. The number of nitrogens with zero attached hydrogens (tertiary/aromatic N) is 4. The normalized spacial score (nSPS) is 27.0. The van der Waals surface area contributed by atoms with Crippen molar-refractivity contribution >= 4 is 5.91 Å². The summed E-state index contributed by atoms with van der Waals surface area (Å²) in [4.78, 5) is 19.0. The van der Waals surface area contributed by atoms with E-state index in [1.807, 2.05) is 28.0 Å². The molecule has 1 saturated heterocycles. The van der Waals surface area contributed by atoms with Crippen LogP contribution in [-0.2, 0) is 4.79 Å². The fourth-order valence-corrected chi connectivity index (χ4v) is 3.67. The summed E-state index contributed by atoms with van der Waals surface area (Å²) in [5.74, 6) is 0.827. The molecule has 4 rings (SSSR count). The minimum Gasteiger partial charge on any atom is -0.340 e. The first kappa shape index (κ1) is 14.4. The number of carbonyl (C=O) groups is 1. The van der Waals surface area contributed by atoms with Crippen molar-refractivity contribution in [1.82, 2.24) is 19.7 Å². The molecule has 1 aliphatic carbocycles. The molecule has 0 N–H and O–H groups in total. The Morgan fingerprint density at radius 2 is 2.26 bits per heavy atom. The maximum absolute atomic E-state index is 12.8. The summed E-state index contributed by atoms with van der Waals surface area (Å²) in [5, 5.41) is 4.43. The number of amides is 1. The lowest BCUT2D eigenvalue weighted by Crippen LogP contribution is -2.41. The van der Waals surface area contributed by atoms with Crippen molar-refractivity contribution < 1.29 is 4.79 Å². The second-order valence-electron chi connectivity index (χ2n) is 6.81. The van der Waals surface area contributed by atoms with Crippen LogP contribution in [0.2, 0.25) is 0 Å². The zero-order valence-electron chi connectivity index (χ0n) is 13.4. The fraction of sp³-hybridized carbons (Fsp3) is 0.500. The Morgan fingerprint density at radius 3 is 3.00 bits per heavy atom. The van der Waals surface area contributed by atoms with Crippen LogP contribution in [0, 0.1) is 12.8 Å². The molecule has 120 valence electrons. The number of pyridine rings is 1. The van der Waals surface area contributed by atoms with E-state index >= 15 is 0 Å². The van der Waals surface area contributed by atoms with Crippen LogP contribution < -0.4 is 0 Å². The summed E-state index contributed by atoms with van der Waals surface area (Å²) in [7, 11) is 0. The van der Waals surface area contributed by atoms with Crippen molar-refractivity contribution in [3.63, 3.8) is 0 Å². The van der Waals surface area contributed by atoms with Gasteiger partial charge in [-0.15, -0.1) is 0 Å². The molecule has 2 aromatic rings. The van der Waals surface area contributed by atoms with Crippen molar-refractivity contribution in [2.45, 2.75) is 38.1 Å². The van der Waals surface area contributed by atoms with E-state index in [9.17, 15) is 4.79 Å². The topological polar surface area (TPSA) is 51.0 Å². The van der Waals surface area contributed by atoms with Crippen molar-refractivity contribution in [2.24, 2.45) is 5.92 Å². The number of aromatic nitrogens is 3. The summed E-state index contributed by atoms with van der Waals surface area (Å²) in [6.45, 7) is 3.72. The number of hydrogen-bond acceptors (Lipinski definition) is 3. The van der Waals surface area contributed by atoms with Gasteiger partial charge in [0.05, 0.1) is 12.2 Å². The number of hydrogen-bond donors (Lipinski definition) is 0. The van der Waals surface area contributed by atoms with Gasteiger partial charge in [0.1, 0.15) is 0 Å². The Hall–Kier alpha value is -2.17. The van der Waals surface area contributed by atoms with E-state index in [2.05, 4.69) is 29.3 Å². The molecular formula is C18H22N4O. The number of carbonyl (C=O) groups excluding carboxylic acids is 1. The molecule has 0 bridgehead atoms. The summed E-state index contributed by atoms with van der Waals surface area (Å²) in [5.41, 5.74) is 2.37. The van der Waals surface area contributed by atoms with Crippen LogP contribution in [0.5, 0.6) is 0 Å². The lowest BCUT2D eigenvalue weighted by Gasteiger charge is -2.33. The van der Waals surface area contributed by atoms with Gasteiger partial charge in [-0.25, -0.2) is 0 Å². The number of likely N-dealkylation sites (tertiary alicyclic amines) is 1. The molecule has 2 aliphatic rings. The van der Waals surface area contributed by atoms with Gasteiger partial charge in [0.15, 0.2) is 0 Å². The molecule has 1 amide bonds. The molecule has 1 aliphatic heterocycles. The number of piperidine rings is 1. The molecule has 5 heteroatoms. The van der Waals surface area contributed by atoms with Gasteiger partial charge in [-0.2, -0.15) is 5.10 Å². The highest BCUT2D eigenvalue weighted by Gasteiger charge is 2.46. The fourth-order valence-electron chi connectivity index (χ4n) is 3.67. The van der Waals surface area contributed by atoms with Crippen LogP contribution in [0.3, 0.4) is 0 Å². The maximum Gasteiger partial charge on any atom is 0.226 e. The third-order valence-corrected chi connectivity index (χ3v) is 5.03. The molecule has 23 heavy (non-hydrogen) atoms. The second-order valence-corrected chi connectivity index (χ2v) is 6.81. The summed E-state index contributed by atoms with van der Waals surface area (Å²) >= 11 is 0. The van der Waals surface area contributed by atoms with Crippen LogP contribution >= 0.6 is 0 Å². The number of rotatable bonds is 3. The van der Waals surface area contributed by atoms with Crippen molar-refractivity contribution in [2.75, 3.05) is 13.1 Å². The van der Waals surface area contributed by atoms with Crippen LogP contribution in [0.4, 0.5) is 0 Å². The van der Waals surface area contributed by atoms with Gasteiger partial charge in [-0.05, 0) is 49.3 Å². The Bertz CT molecular complexity index is 696. The molecule has 2 aromatic heterocycles. The Morgan fingerprint density at radius 1 is 1.35 bits per heavy atom. The summed E-state index contributed by atoms with van der Waals surface area (Å²) in [6.07, 6.45) is 10.8. The van der Waals surface area contributed by atoms with Crippen LogP contribution in [0.1, 0.15) is 42.3 Å². The predicted molar refractivity (Wildman–Crippen MR) is 86.9 cm³/mol. The quantitative estimate of drug-likeness (QED) is 0.875. The average molecular weight is 310 g/mol. The van der Waals surface area contributed by atoms with Gasteiger partial charge in [0, 0.05) is 37.6 Å². The minimum absolute atomic E-state index is 0.150. The Balaban J connectivity index is 1.41. The van der Waals surface area contributed by atoms with Crippen LogP contribution in [0.25, 0.3) is 0 Å². The molecule has 0 radical (unpaired) electrons. The monoisotopic (exact) mass is 310 g/mol. The summed E-state index contributed by atoms with van der Waals surface area (Å²) < 4.78 is 2.03. The van der Waals surface area contributed by atoms with E-state index < -0.39 is 0 Å². The van der Waals surface area contributed by atoms with Gasteiger partial charge in [0.25, 0.3) is 0 Å². The van der Waals surface area contributed by atoms with E-state index in [-0.39, 0.29) is 5.92 Å². The van der Waals surface area contributed by atoms with Crippen molar-refractivity contribution in [3.05, 3.63) is 48.0 Å². The smallest absolute Gasteiger partial charge is 0.226 e. The minimum atomic E-state index is 0.150. The van der Waals surface area contributed by atoms with Gasteiger partial charge >= 0.3 is 0 Å². The van der Waals surface area contributed by atoms with Gasteiger partial charge in [-0.3, -0.25) is 14.5 Å².